The molecule has 4 aliphatic carbocycles. The Morgan fingerprint density at radius 3 is 2.33 bits per heavy atom. The Kier molecular flexibility index (Phi) is 3.03. The molecule has 0 spiro atoms. The van der Waals surface area contributed by atoms with Gasteiger partial charge in [0.25, 0.3) is 0 Å². The van der Waals surface area contributed by atoms with Crippen molar-refractivity contribution in [1.29, 1.82) is 0 Å². The molecular formula is C20H24O. The second-order valence-corrected chi connectivity index (χ2v) is 7.69. The molecule has 0 aliphatic heterocycles. The molecule has 0 unspecified atom stereocenters. The summed E-state index contributed by atoms with van der Waals surface area (Å²) in [7, 11) is 0. The van der Waals surface area contributed by atoms with Crippen LogP contribution in [-0.2, 0) is 5.41 Å². The fourth-order valence-electron chi connectivity index (χ4n) is 5.74. The van der Waals surface area contributed by atoms with E-state index in [1.54, 1.807) is 0 Å². The van der Waals surface area contributed by atoms with Gasteiger partial charge in [0.05, 0.1) is 0 Å². The van der Waals surface area contributed by atoms with E-state index in [1.165, 1.54) is 49.7 Å². The summed E-state index contributed by atoms with van der Waals surface area (Å²) < 4.78 is 5.89. The van der Waals surface area contributed by atoms with E-state index in [-0.39, 0.29) is 0 Å². The van der Waals surface area contributed by atoms with Gasteiger partial charge in [-0.15, -0.1) is 6.42 Å². The number of hydrogen-bond acceptors (Lipinski definition) is 1. The summed E-state index contributed by atoms with van der Waals surface area (Å²) in [6, 6.07) is 6.66. The molecule has 0 saturated heterocycles. The van der Waals surface area contributed by atoms with Gasteiger partial charge in [-0.1, -0.05) is 23.6 Å². The molecule has 1 nitrogen and oxygen atoms in total. The minimum Gasteiger partial charge on any atom is -0.481 e. The van der Waals surface area contributed by atoms with Crippen molar-refractivity contribution < 1.29 is 4.74 Å². The summed E-state index contributed by atoms with van der Waals surface area (Å²) in [5, 5.41) is 0. The zero-order chi connectivity index (χ0) is 14.4. The molecule has 4 bridgehead atoms. The largest absolute Gasteiger partial charge is 0.481 e. The maximum absolute atomic E-state index is 5.89. The zero-order valence-corrected chi connectivity index (χ0v) is 12.9. The first-order chi connectivity index (χ1) is 10.2. The summed E-state index contributed by atoms with van der Waals surface area (Å²) in [4.78, 5) is 0. The van der Waals surface area contributed by atoms with Crippen LogP contribution in [-0.4, -0.2) is 6.61 Å². The van der Waals surface area contributed by atoms with Gasteiger partial charge in [0.2, 0.25) is 0 Å². The van der Waals surface area contributed by atoms with Gasteiger partial charge >= 0.3 is 0 Å². The van der Waals surface area contributed by atoms with Crippen molar-refractivity contribution >= 4 is 0 Å². The zero-order valence-electron chi connectivity index (χ0n) is 12.9. The quantitative estimate of drug-likeness (QED) is 0.742. The Balaban J connectivity index is 1.75. The van der Waals surface area contributed by atoms with E-state index in [1.807, 2.05) is 0 Å². The summed E-state index contributed by atoms with van der Waals surface area (Å²) in [5.74, 6) is 6.52. The van der Waals surface area contributed by atoms with Gasteiger partial charge in [0.15, 0.2) is 0 Å². The highest BCUT2D eigenvalue weighted by Gasteiger charge is 2.52. The van der Waals surface area contributed by atoms with Crippen LogP contribution in [0.5, 0.6) is 5.75 Å². The highest BCUT2D eigenvalue weighted by molar-refractivity contribution is 5.44. The highest BCUT2D eigenvalue weighted by Crippen LogP contribution is 2.61. The van der Waals surface area contributed by atoms with E-state index >= 15 is 0 Å². The second-order valence-electron chi connectivity index (χ2n) is 7.69. The topological polar surface area (TPSA) is 9.23 Å². The molecule has 0 aromatic heterocycles. The van der Waals surface area contributed by atoms with Gasteiger partial charge in [-0.2, -0.15) is 0 Å². The standard InChI is InChI=1S/C20H24O/c1-3-6-21-19-5-4-14(2)7-18(19)20-11-15-8-16(12-20)10-17(9-15)13-20/h1,4-5,7,15-17H,6,8-13H2,2H3. The predicted molar refractivity (Wildman–Crippen MR) is 85.4 cm³/mol. The van der Waals surface area contributed by atoms with Crippen molar-refractivity contribution in [2.75, 3.05) is 6.61 Å². The maximum atomic E-state index is 5.89. The van der Waals surface area contributed by atoms with Crippen LogP contribution in [0.2, 0.25) is 0 Å². The van der Waals surface area contributed by atoms with Crippen LogP contribution >= 0.6 is 0 Å². The molecule has 5 rings (SSSR count). The van der Waals surface area contributed by atoms with Crippen molar-refractivity contribution in [3.63, 3.8) is 0 Å². The molecule has 4 aliphatic rings. The first kappa shape index (κ1) is 13.3. The number of hydrogen-bond donors (Lipinski definition) is 0. The van der Waals surface area contributed by atoms with E-state index in [0.29, 0.717) is 12.0 Å². The third-order valence-electron chi connectivity index (χ3n) is 6.06. The van der Waals surface area contributed by atoms with Gasteiger partial charge in [0.1, 0.15) is 12.4 Å². The fourth-order valence-corrected chi connectivity index (χ4v) is 5.74. The van der Waals surface area contributed by atoms with Gasteiger partial charge in [-0.05, 0) is 74.7 Å². The first-order valence-corrected chi connectivity index (χ1v) is 8.36. The van der Waals surface area contributed by atoms with Crippen molar-refractivity contribution in [3.8, 4) is 18.1 Å². The van der Waals surface area contributed by atoms with E-state index in [4.69, 9.17) is 11.2 Å². The molecule has 0 N–H and O–H groups in total. The van der Waals surface area contributed by atoms with Crippen molar-refractivity contribution in [1.82, 2.24) is 0 Å². The number of rotatable bonds is 3. The molecule has 110 valence electrons. The summed E-state index contributed by atoms with van der Waals surface area (Å²) >= 11 is 0. The average molecular weight is 280 g/mol. The van der Waals surface area contributed by atoms with E-state index in [2.05, 4.69) is 31.0 Å². The third-order valence-corrected chi connectivity index (χ3v) is 6.06. The van der Waals surface area contributed by atoms with Gasteiger partial charge in [-0.25, -0.2) is 0 Å². The van der Waals surface area contributed by atoms with Crippen LogP contribution in [0.1, 0.15) is 49.7 Å². The second kappa shape index (κ2) is 4.80. The molecule has 1 heteroatoms. The molecule has 0 heterocycles. The smallest absolute Gasteiger partial charge is 0.148 e. The van der Waals surface area contributed by atoms with Crippen molar-refractivity contribution in [2.45, 2.75) is 50.9 Å². The average Bonchev–Trinajstić information content (AvgIpc) is 2.44. The molecule has 0 amide bonds. The lowest BCUT2D eigenvalue weighted by Gasteiger charge is -2.57. The molecule has 4 saturated carbocycles. The van der Waals surface area contributed by atoms with E-state index in [0.717, 1.165) is 23.5 Å². The molecule has 4 fully saturated rings. The molecule has 1 aromatic rings. The Bertz CT molecular complexity index is 557. The minimum atomic E-state index is 0.377. The summed E-state index contributed by atoms with van der Waals surface area (Å²) in [6.45, 7) is 2.57. The van der Waals surface area contributed by atoms with E-state index < -0.39 is 0 Å². The molecule has 0 atom stereocenters. The van der Waals surface area contributed by atoms with Crippen LogP contribution in [0.15, 0.2) is 18.2 Å². The maximum Gasteiger partial charge on any atom is 0.148 e. The predicted octanol–water partition coefficient (Wildman–Crippen LogP) is 4.47. The highest BCUT2D eigenvalue weighted by atomic mass is 16.5. The van der Waals surface area contributed by atoms with Crippen LogP contribution in [0.25, 0.3) is 0 Å². The Hall–Kier alpha value is -1.42. The Labute approximate surface area is 128 Å². The Morgan fingerprint density at radius 2 is 1.76 bits per heavy atom. The number of benzene rings is 1. The minimum absolute atomic E-state index is 0.377. The lowest BCUT2D eigenvalue weighted by molar-refractivity contribution is -0.00628. The molecule has 21 heavy (non-hydrogen) atoms. The first-order valence-electron chi connectivity index (χ1n) is 8.36. The third kappa shape index (κ3) is 2.16. The van der Waals surface area contributed by atoms with Crippen molar-refractivity contribution in [2.24, 2.45) is 17.8 Å². The fraction of sp³-hybridized carbons (Fsp3) is 0.600. The SMILES string of the molecule is C#CCOc1ccc(C)cc1C12CC3CC(CC(C3)C1)C2. The summed E-state index contributed by atoms with van der Waals surface area (Å²) in [6.07, 6.45) is 13.9. The lowest BCUT2D eigenvalue weighted by Crippen LogP contribution is -2.48. The number of ether oxygens (including phenoxy) is 1. The van der Waals surface area contributed by atoms with Crippen LogP contribution in [0.4, 0.5) is 0 Å². The summed E-state index contributed by atoms with van der Waals surface area (Å²) in [5.41, 5.74) is 3.18. The molecular weight excluding hydrogens is 256 g/mol. The van der Waals surface area contributed by atoms with Crippen LogP contribution in [0, 0.1) is 37.0 Å². The monoisotopic (exact) mass is 280 g/mol. The van der Waals surface area contributed by atoms with Gasteiger partial charge in [-0.3, -0.25) is 0 Å². The number of aryl methyl sites for hydroxylation is 1. The van der Waals surface area contributed by atoms with Crippen LogP contribution in [0.3, 0.4) is 0 Å². The lowest BCUT2D eigenvalue weighted by atomic mass is 9.48. The molecule has 0 radical (unpaired) electrons. The number of terminal acetylenes is 1. The molecule has 1 aromatic carbocycles. The van der Waals surface area contributed by atoms with Crippen molar-refractivity contribution in [3.05, 3.63) is 29.3 Å². The van der Waals surface area contributed by atoms with Gasteiger partial charge < -0.3 is 4.74 Å². The Morgan fingerprint density at radius 1 is 1.14 bits per heavy atom. The van der Waals surface area contributed by atoms with E-state index in [9.17, 15) is 0 Å². The normalized spacial score (nSPS) is 36.5. The van der Waals surface area contributed by atoms with Gasteiger partial charge in [0, 0.05) is 5.56 Å². The van der Waals surface area contributed by atoms with Crippen LogP contribution < -0.4 is 4.74 Å².